The summed E-state index contributed by atoms with van der Waals surface area (Å²) in [6.07, 6.45) is 5.16. The van der Waals surface area contributed by atoms with Gasteiger partial charge >= 0.3 is 0 Å². The highest BCUT2D eigenvalue weighted by atomic mass is 35.5. The number of rotatable bonds is 3. The first-order valence-corrected chi connectivity index (χ1v) is 13.1. The lowest BCUT2D eigenvalue weighted by molar-refractivity contribution is -0.0429. The van der Waals surface area contributed by atoms with E-state index in [0.717, 1.165) is 31.2 Å². The van der Waals surface area contributed by atoms with Crippen LogP contribution in [-0.2, 0) is 6.54 Å². The van der Waals surface area contributed by atoms with Crippen molar-refractivity contribution in [3.63, 3.8) is 0 Å². The standard InChI is InChI=1S/C31H26ClFN2O3/c1-31(37)15-23-8-9-24(16-31)35(23)18-25-14-29(36)26-12-19(3-11-30(26)38-25)2-10-28-27(33)13-21(17-34-28)20-4-6-22(32)7-5-20/h3-7,11-14,17,23-24,37H,8-9,15-16,18H2,1H3. The number of benzene rings is 2. The summed E-state index contributed by atoms with van der Waals surface area (Å²) >= 11 is 5.93. The molecule has 2 aromatic heterocycles. The zero-order chi connectivity index (χ0) is 26.4. The predicted molar refractivity (Wildman–Crippen MR) is 145 cm³/mol. The average Bonchev–Trinajstić information content (AvgIpc) is 3.13. The largest absolute Gasteiger partial charge is 0.459 e. The average molecular weight is 529 g/mol. The summed E-state index contributed by atoms with van der Waals surface area (Å²) < 4.78 is 20.8. The van der Waals surface area contributed by atoms with Crippen LogP contribution in [0.3, 0.4) is 0 Å². The molecule has 2 bridgehead atoms. The number of piperidine rings is 1. The van der Waals surface area contributed by atoms with Gasteiger partial charge in [0.25, 0.3) is 0 Å². The summed E-state index contributed by atoms with van der Waals surface area (Å²) in [5.41, 5.74) is 1.76. The van der Waals surface area contributed by atoms with Crippen molar-refractivity contribution in [2.75, 3.05) is 0 Å². The SMILES string of the molecule is CC1(O)CC2CCC(C1)N2Cc1cc(=O)c2cc(C#Cc3ncc(-c4ccc(Cl)cc4)cc3F)ccc2o1. The third kappa shape index (κ3) is 4.98. The number of hydrogen-bond donors (Lipinski definition) is 1. The van der Waals surface area contributed by atoms with E-state index < -0.39 is 11.4 Å². The van der Waals surface area contributed by atoms with Crippen LogP contribution in [0.2, 0.25) is 5.02 Å². The molecule has 2 unspecified atom stereocenters. The Labute approximate surface area is 224 Å². The van der Waals surface area contributed by atoms with E-state index in [1.54, 1.807) is 54.7 Å². The van der Waals surface area contributed by atoms with Crippen LogP contribution >= 0.6 is 11.6 Å². The molecular formula is C31H26ClFN2O3. The quantitative estimate of drug-likeness (QED) is 0.334. The van der Waals surface area contributed by atoms with Crippen LogP contribution in [0.4, 0.5) is 4.39 Å². The molecule has 1 N–H and O–H groups in total. The van der Waals surface area contributed by atoms with Crippen LogP contribution in [0.15, 0.2) is 70.0 Å². The molecule has 0 amide bonds. The maximum atomic E-state index is 14.7. The summed E-state index contributed by atoms with van der Waals surface area (Å²) in [7, 11) is 0. The van der Waals surface area contributed by atoms with Crippen LogP contribution in [0.1, 0.15) is 49.6 Å². The number of pyridine rings is 1. The monoisotopic (exact) mass is 528 g/mol. The Bertz CT molecular complexity index is 1640. The minimum absolute atomic E-state index is 0.0281. The Balaban J connectivity index is 1.22. The van der Waals surface area contributed by atoms with Crippen molar-refractivity contribution in [3.8, 4) is 23.0 Å². The second kappa shape index (κ2) is 9.67. The molecule has 0 saturated carbocycles. The number of halogens is 2. The van der Waals surface area contributed by atoms with Crippen molar-refractivity contribution in [3.05, 3.63) is 98.9 Å². The van der Waals surface area contributed by atoms with Crippen LogP contribution in [0, 0.1) is 17.7 Å². The summed E-state index contributed by atoms with van der Waals surface area (Å²) in [5, 5.41) is 11.5. The second-order valence-electron chi connectivity index (χ2n) is 10.6. The molecule has 2 saturated heterocycles. The summed E-state index contributed by atoms with van der Waals surface area (Å²) in [6, 6.07) is 15.8. The van der Waals surface area contributed by atoms with Gasteiger partial charge in [-0.05, 0) is 80.5 Å². The molecule has 2 fully saturated rings. The number of fused-ring (bicyclic) bond motifs is 3. The van der Waals surface area contributed by atoms with Gasteiger partial charge in [-0.3, -0.25) is 9.69 Å². The maximum absolute atomic E-state index is 14.7. The van der Waals surface area contributed by atoms with Gasteiger partial charge in [-0.25, -0.2) is 9.37 Å². The van der Waals surface area contributed by atoms with E-state index in [0.29, 0.717) is 51.5 Å². The van der Waals surface area contributed by atoms with E-state index in [1.165, 1.54) is 6.07 Å². The van der Waals surface area contributed by atoms with Gasteiger partial charge in [0, 0.05) is 40.5 Å². The van der Waals surface area contributed by atoms with Gasteiger partial charge in [0.05, 0.1) is 17.5 Å². The third-order valence-corrected chi connectivity index (χ3v) is 7.83. The first-order valence-electron chi connectivity index (χ1n) is 12.7. The highest BCUT2D eigenvalue weighted by Gasteiger charge is 2.45. The van der Waals surface area contributed by atoms with Gasteiger partial charge in [-0.2, -0.15) is 0 Å². The van der Waals surface area contributed by atoms with Crippen molar-refractivity contribution in [2.24, 2.45) is 0 Å². The topological polar surface area (TPSA) is 66.6 Å². The van der Waals surface area contributed by atoms with E-state index in [9.17, 15) is 14.3 Å². The van der Waals surface area contributed by atoms with Crippen molar-refractivity contribution in [2.45, 2.75) is 56.8 Å². The smallest absolute Gasteiger partial charge is 0.193 e. The maximum Gasteiger partial charge on any atom is 0.193 e. The van der Waals surface area contributed by atoms with E-state index in [4.69, 9.17) is 16.0 Å². The van der Waals surface area contributed by atoms with E-state index in [1.807, 2.05) is 6.92 Å². The Kier molecular flexibility index (Phi) is 6.31. The van der Waals surface area contributed by atoms with Crippen molar-refractivity contribution in [1.82, 2.24) is 9.88 Å². The molecule has 4 aromatic rings. The predicted octanol–water partition coefficient (Wildman–Crippen LogP) is 5.93. The van der Waals surface area contributed by atoms with Crippen LogP contribution < -0.4 is 5.43 Å². The minimum Gasteiger partial charge on any atom is -0.459 e. The van der Waals surface area contributed by atoms with Crippen molar-refractivity contribution in [1.29, 1.82) is 0 Å². The lowest BCUT2D eigenvalue weighted by atomic mass is 9.88. The van der Waals surface area contributed by atoms with E-state index >= 15 is 0 Å². The molecule has 7 heteroatoms. The summed E-state index contributed by atoms with van der Waals surface area (Å²) in [6.45, 7) is 2.46. The molecule has 2 aromatic carbocycles. The third-order valence-electron chi connectivity index (χ3n) is 7.58. The molecule has 2 aliphatic rings. The first kappa shape index (κ1) is 24.8. The van der Waals surface area contributed by atoms with Gasteiger partial charge in [0.1, 0.15) is 17.0 Å². The Hall–Kier alpha value is -3.50. The molecule has 38 heavy (non-hydrogen) atoms. The Morgan fingerprint density at radius 3 is 2.53 bits per heavy atom. The van der Waals surface area contributed by atoms with Crippen LogP contribution in [0.5, 0.6) is 0 Å². The fraction of sp³-hybridized carbons (Fsp3) is 0.290. The normalized spacial score (nSPS) is 22.8. The summed E-state index contributed by atoms with van der Waals surface area (Å²) in [5.74, 6) is 5.78. The molecule has 6 rings (SSSR count). The molecule has 4 heterocycles. The zero-order valence-electron chi connectivity index (χ0n) is 20.9. The van der Waals surface area contributed by atoms with Crippen molar-refractivity contribution >= 4 is 22.6 Å². The summed E-state index contributed by atoms with van der Waals surface area (Å²) in [4.78, 5) is 19.5. The zero-order valence-corrected chi connectivity index (χ0v) is 21.6. The lowest BCUT2D eigenvalue weighted by Crippen LogP contribution is -2.49. The minimum atomic E-state index is -0.624. The first-order chi connectivity index (χ1) is 18.2. The van der Waals surface area contributed by atoms with Gasteiger partial charge in [0.15, 0.2) is 11.2 Å². The van der Waals surface area contributed by atoms with Crippen LogP contribution in [-0.4, -0.2) is 32.7 Å². The molecule has 0 radical (unpaired) electrons. The number of nitrogens with zero attached hydrogens (tertiary/aromatic N) is 2. The van der Waals surface area contributed by atoms with Gasteiger partial charge in [-0.1, -0.05) is 29.7 Å². The van der Waals surface area contributed by atoms with Crippen molar-refractivity contribution < 1.29 is 13.9 Å². The van der Waals surface area contributed by atoms with Crippen LogP contribution in [0.25, 0.3) is 22.1 Å². The van der Waals surface area contributed by atoms with Gasteiger partial charge < -0.3 is 9.52 Å². The number of aromatic nitrogens is 1. The lowest BCUT2D eigenvalue weighted by Gasteiger charge is -2.41. The molecular weight excluding hydrogens is 503 g/mol. The molecule has 2 aliphatic heterocycles. The fourth-order valence-electron chi connectivity index (χ4n) is 5.81. The molecule has 0 spiro atoms. The highest BCUT2D eigenvalue weighted by Crippen LogP contribution is 2.41. The second-order valence-corrected chi connectivity index (χ2v) is 11.0. The number of aliphatic hydroxyl groups is 1. The molecule has 0 aliphatic carbocycles. The number of hydrogen-bond acceptors (Lipinski definition) is 5. The van der Waals surface area contributed by atoms with Gasteiger partial charge in [-0.15, -0.1) is 0 Å². The fourth-order valence-corrected chi connectivity index (χ4v) is 5.94. The van der Waals surface area contributed by atoms with E-state index in [-0.39, 0.29) is 11.1 Å². The Morgan fingerprint density at radius 2 is 1.82 bits per heavy atom. The molecule has 2 atom stereocenters. The molecule has 5 nitrogen and oxygen atoms in total. The van der Waals surface area contributed by atoms with Gasteiger partial charge in [0.2, 0.25) is 0 Å². The Morgan fingerprint density at radius 1 is 1.08 bits per heavy atom. The van der Waals surface area contributed by atoms with E-state index in [2.05, 4.69) is 21.7 Å². The highest BCUT2D eigenvalue weighted by molar-refractivity contribution is 6.30. The molecule has 192 valence electrons.